The van der Waals surface area contributed by atoms with E-state index in [9.17, 15) is 0 Å². The number of hydrogen-bond acceptors (Lipinski definition) is 5. The topological polar surface area (TPSA) is 80.9 Å². The molecule has 1 saturated carbocycles. The third kappa shape index (κ3) is 4.89. The summed E-state index contributed by atoms with van der Waals surface area (Å²) in [6.45, 7) is 5.17. The van der Waals surface area contributed by atoms with Crippen LogP contribution in [0.1, 0.15) is 55.0 Å². The van der Waals surface area contributed by atoms with E-state index in [0.717, 1.165) is 48.3 Å². The van der Waals surface area contributed by atoms with Crippen LogP contribution in [-0.4, -0.2) is 38.8 Å². The molecule has 7 nitrogen and oxygen atoms in total. The van der Waals surface area contributed by atoms with Gasteiger partial charge in [-0.25, -0.2) is 4.98 Å². The molecule has 7 heteroatoms. The number of guanidine groups is 1. The van der Waals surface area contributed by atoms with Gasteiger partial charge < -0.3 is 24.5 Å². The normalized spacial score (nSPS) is 16.2. The number of aryl methyl sites for hydroxylation is 2. The van der Waals surface area contributed by atoms with E-state index in [0.29, 0.717) is 12.4 Å². The van der Waals surface area contributed by atoms with Gasteiger partial charge in [-0.2, -0.15) is 0 Å². The Kier molecular flexibility index (Phi) is 7.24. The predicted molar refractivity (Wildman–Crippen MR) is 118 cm³/mol. The first-order valence-electron chi connectivity index (χ1n) is 10.6. The van der Waals surface area contributed by atoms with Gasteiger partial charge in [0.25, 0.3) is 0 Å². The molecule has 0 radical (unpaired) electrons. The lowest BCUT2D eigenvalue weighted by atomic mass is 9.69. The van der Waals surface area contributed by atoms with E-state index in [1.165, 1.54) is 24.8 Å². The van der Waals surface area contributed by atoms with E-state index >= 15 is 0 Å². The first kappa shape index (κ1) is 22.0. The van der Waals surface area contributed by atoms with Gasteiger partial charge in [-0.15, -0.1) is 0 Å². The van der Waals surface area contributed by atoms with Crippen LogP contribution in [0.5, 0.6) is 11.5 Å². The molecule has 0 bridgehead atoms. The highest BCUT2D eigenvalue weighted by molar-refractivity contribution is 5.79. The standard InChI is InChI=1S/C23H34N4O3/c1-16-17(2)30-21(27-16)14-25-22(24-3)26-15-23(11-7-6-8-12-23)18-9-10-19(28-4)20(13-18)29-5/h9-10,13H,6-8,11-12,14-15H2,1-5H3,(H2,24,25,26). The van der Waals surface area contributed by atoms with Gasteiger partial charge in [0, 0.05) is 19.0 Å². The van der Waals surface area contributed by atoms with Crippen molar-refractivity contribution in [1.29, 1.82) is 0 Å². The number of rotatable bonds is 7. The minimum absolute atomic E-state index is 0.0333. The molecule has 0 saturated heterocycles. The SMILES string of the molecule is CN=C(NCc1nc(C)c(C)o1)NCC1(c2ccc(OC)c(OC)c2)CCCCC1. The Morgan fingerprint density at radius 2 is 1.83 bits per heavy atom. The van der Waals surface area contributed by atoms with E-state index in [-0.39, 0.29) is 5.41 Å². The Morgan fingerprint density at radius 3 is 2.43 bits per heavy atom. The highest BCUT2D eigenvalue weighted by Crippen LogP contribution is 2.42. The molecule has 0 atom stereocenters. The van der Waals surface area contributed by atoms with Crippen molar-refractivity contribution in [3.63, 3.8) is 0 Å². The van der Waals surface area contributed by atoms with Crippen LogP contribution in [0.2, 0.25) is 0 Å². The Labute approximate surface area is 179 Å². The fraction of sp³-hybridized carbons (Fsp3) is 0.565. The smallest absolute Gasteiger partial charge is 0.214 e. The second-order valence-corrected chi connectivity index (χ2v) is 7.94. The number of aliphatic imine (C=N–C) groups is 1. The number of oxazole rings is 1. The second kappa shape index (κ2) is 9.87. The molecule has 1 fully saturated rings. The zero-order chi connectivity index (χ0) is 21.6. The van der Waals surface area contributed by atoms with Crippen LogP contribution >= 0.6 is 0 Å². The van der Waals surface area contributed by atoms with Crippen molar-refractivity contribution in [2.45, 2.75) is 57.9 Å². The Balaban J connectivity index is 1.72. The lowest BCUT2D eigenvalue weighted by Gasteiger charge is -2.38. The molecule has 0 unspecified atom stereocenters. The van der Waals surface area contributed by atoms with Crippen molar-refractivity contribution in [3.05, 3.63) is 41.1 Å². The van der Waals surface area contributed by atoms with Crippen molar-refractivity contribution < 1.29 is 13.9 Å². The number of hydrogen-bond donors (Lipinski definition) is 2. The summed E-state index contributed by atoms with van der Waals surface area (Å²) in [5.74, 6) is 3.80. The van der Waals surface area contributed by atoms with Crippen LogP contribution < -0.4 is 20.1 Å². The maximum absolute atomic E-state index is 5.66. The van der Waals surface area contributed by atoms with E-state index in [2.05, 4.69) is 32.7 Å². The number of nitrogens with zero attached hydrogens (tertiary/aromatic N) is 2. The lowest BCUT2D eigenvalue weighted by molar-refractivity contribution is 0.288. The third-order valence-corrected chi connectivity index (χ3v) is 6.10. The van der Waals surface area contributed by atoms with Gasteiger partial charge >= 0.3 is 0 Å². The molecule has 0 amide bonds. The van der Waals surface area contributed by atoms with Gasteiger partial charge in [0.05, 0.1) is 26.5 Å². The summed E-state index contributed by atoms with van der Waals surface area (Å²) < 4.78 is 16.6. The molecule has 1 aliphatic rings. The first-order valence-corrected chi connectivity index (χ1v) is 10.6. The fourth-order valence-corrected chi connectivity index (χ4v) is 4.21. The van der Waals surface area contributed by atoms with Crippen LogP contribution in [-0.2, 0) is 12.0 Å². The maximum Gasteiger partial charge on any atom is 0.214 e. The minimum atomic E-state index is 0.0333. The predicted octanol–water partition coefficient (Wildman–Crippen LogP) is 3.88. The fourth-order valence-electron chi connectivity index (χ4n) is 4.21. The quantitative estimate of drug-likeness (QED) is 0.529. The third-order valence-electron chi connectivity index (χ3n) is 6.10. The molecule has 3 rings (SSSR count). The Bertz CT molecular complexity index is 850. The van der Waals surface area contributed by atoms with E-state index in [1.54, 1.807) is 21.3 Å². The van der Waals surface area contributed by atoms with Gasteiger partial charge in [-0.3, -0.25) is 4.99 Å². The second-order valence-electron chi connectivity index (χ2n) is 7.94. The van der Waals surface area contributed by atoms with Crippen LogP contribution in [0.25, 0.3) is 0 Å². The van der Waals surface area contributed by atoms with Crippen molar-refractivity contribution in [2.75, 3.05) is 27.8 Å². The van der Waals surface area contributed by atoms with Gasteiger partial charge in [0.2, 0.25) is 5.89 Å². The Morgan fingerprint density at radius 1 is 1.10 bits per heavy atom. The summed E-state index contributed by atoms with van der Waals surface area (Å²) in [4.78, 5) is 8.81. The highest BCUT2D eigenvalue weighted by Gasteiger charge is 2.34. The van der Waals surface area contributed by atoms with Gasteiger partial charge in [0.1, 0.15) is 5.76 Å². The van der Waals surface area contributed by atoms with Crippen molar-refractivity contribution in [2.24, 2.45) is 4.99 Å². The number of ether oxygens (including phenoxy) is 2. The van der Waals surface area contributed by atoms with Crippen LogP contribution in [0, 0.1) is 13.8 Å². The first-order chi connectivity index (χ1) is 14.5. The highest BCUT2D eigenvalue weighted by atomic mass is 16.5. The number of methoxy groups -OCH3 is 2. The molecule has 30 heavy (non-hydrogen) atoms. The van der Waals surface area contributed by atoms with E-state index in [4.69, 9.17) is 13.9 Å². The summed E-state index contributed by atoms with van der Waals surface area (Å²) in [7, 11) is 5.14. The molecule has 0 spiro atoms. The Hall–Kier alpha value is -2.70. The van der Waals surface area contributed by atoms with Crippen molar-refractivity contribution in [3.8, 4) is 11.5 Å². The number of nitrogens with one attached hydrogen (secondary N) is 2. The van der Waals surface area contributed by atoms with Crippen LogP contribution in [0.3, 0.4) is 0 Å². The van der Waals surface area contributed by atoms with Gasteiger partial charge in [-0.05, 0) is 44.4 Å². The van der Waals surface area contributed by atoms with Crippen LogP contribution in [0.15, 0.2) is 27.6 Å². The number of benzene rings is 1. The molecule has 0 aliphatic heterocycles. The number of aromatic nitrogens is 1. The summed E-state index contributed by atoms with van der Waals surface area (Å²) in [6, 6.07) is 6.30. The van der Waals surface area contributed by atoms with Crippen molar-refractivity contribution >= 4 is 5.96 Å². The average molecular weight is 415 g/mol. The largest absolute Gasteiger partial charge is 0.493 e. The van der Waals surface area contributed by atoms with Gasteiger partial charge in [0.15, 0.2) is 17.5 Å². The summed E-state index contributed by atoms with van der Waals surface area (Å²) in [6.07, 6.45) is 5.98. The zero-order valence-corrected chi connectivity index (χ0v) is 18.8. The molecular formula is C23H34N4O3. The molecule has 2 aromatic rings. The molecule has 164 valence electrons. The van der Waals surface area contributed by atoms with Crippen LogP contribution in [0.4, 0.5) is 0 Å². The summed E-state index contributed by atoms with van der Waals surface area (Å²) >= 11 is 0. The molecule has 2 N–H and O–H groups in total. The molecule has 1 aliphatic carbocycles. The molecular weight excluding hydrogens is 380 g/mol. The average Bonchev–Trinajstić information content (AvgIpc) is 3.11. The lowest BCUT2D eigenvalue weighted by Crippen LogP contribution is -2.46. The minimum Gasteiger partial charge on any atom is -0.493 e. The molecule has 1 aromatic carbocycles. The molecule has 1 heterocycles. The monoisotopic (exact) mass is 414 g/mol. The zero-order valence-electron chi connectivity index (χ0n) is 18.8. The van der Waals surface area contributed by atoms with Gasteiger partial charge in [-0.1, -0.05) is 25.3 Å². The molecule has 1 aromatic heterocycles. The van der Waals surface area contributed by atoms with E-state index in [1.807, 2.05) is 19.9 Å². The van der Waals surface area contributed by atoms with E-state index < -0.39 is 0 Å². The summed E-state index contributed by atoms with van der Waals surface area (Å²) in [5, 5.41) is 6.85. The summed E-state index contributed by atoms with van der Waals surface area (Å²) in [5.41, 5.74) is 2.23. The van der Waals surface area contributed by atoms with Crippen molar-refractivity contribution in [1.82, 2.24) is 15.6 Å². The maximum atomic E-state index is 5.66.